The molecule has 0 fully saturated rings. The van der Waals surface area contributed by atoms with Crippen LogP contribution in [0.5, 0.6) is 11.5 Å². The van der Waals surface area contributed by atoms with E-state index < -0.39 is 0 Å². The highest BCUT2D eigenvalue weighted by Crippen LogP contribution is 2.24. The zero-order chi connectivity index (χ0) is 16.7. The smallest absolute Gasteiger partial charge is 0.118 e. The third-order valence-corrected chi connectivity index (χ3v) is 5.72. The van der Waals surface area contributed by atoms with Crippen LogP contribution in [0.15, 0.2) is 48.5 Å². The molecule has 124 valence electrons. The summed E-state index contributed by atoms with van der Waals surface area (Å²) in [5.74, 6) is 2.11. The van der Waals surface area contributed by atoms with E-state index in [1.807, 2.05) is 24.3 Å². The number of benzene rings is 2. The molecule has 0 aliphatic carbocycles. The summed E-state index contributed by atoms with van der Waals surface area (Å²) in [6, 6.07) is 14.5. The molecule has 5 heteroatoms. The fraction of sp³-hybridized carbons (Fsp3) is 0.333. The Balaban J connectivity index is 1.72. The minimum atomic E-state index is -0.0534. The van der Waals surface area contributed by atoms with Gasteiger partial charge in [-0.05, 0) is 36.1 Å². The van der Waals surface area contributed by atoms with Crippen molar-refractivity contribution >= 4 is 35.0 Å². The molecule has 23 heavy (non-hydrogen) atoms. The topological polar surface area (TPSA) is 40.5 Å². The summed E-state index contributed by atoms with van der Waals surface area (Å²) in [4.78, 5) is 0. The van der Waals surface area contributed by atoms with Crippen LogP contribution in [0.25, 0.3) is 0 Å². The summed E-state index contributed by atoms with van der Waals surface area (Å²) >= 11 is 14.4. The molecule has 0 spiro atoms. The summed E-state index contributed by atoms with van der Waals surface area (Å²) in [6.07, 6.45) is 1.27. The van der Waals surface area contributed by atoms with Gasteiger partial charge in [-0.25, -0.2) is 0 Å². The van der Waals surface area contributed by atoms with Crippen LogP contribution in [-0.2, 0) is 12.8 Å². The van der Waals surface area contributed by atoms with Crippen LogP contribution in [0.3, 0.4) is 0 Å². The van der Waals surface area contributed by atoms with Gasteiger partial charge in [0.25, 0.3) is 0 Å². The van der Waals surface area contributed by atoms with Crippen LogP contribution in [0.2, 0.25) is 0 Å². The van der Waals surface area contributed by atoms with Gasteiger partial charge in [-0.3, -0.25) is 0 Å². The zero-order valence-electron chi connectivity index (χ0n) is 12.7. The molecule has 0 heterocycles. The van der Waals surface area contributed by atoms with Crippen LogP contribution in [0.1, 0.15) is 11.1 Å². The van der Waals surface area contributed by atoms with E-state index in [0.717, 1.165) is 22.6 Å². The van der Waals surface area contributed by atoms with Crippen LogP contribution in [0, 0.1) is 0 Å². The summed E-state index contributed by atoms with van der Waals surface area (Å²) in [7, 11) is 0. The minimum Gasteiger partial charge on any atom is -0.508 e. The SMILES string of the molecule is Oc1ccccc1CC(Cl)CSCC(Cl)Cc1ccccc1O. The first-order valence-electron chi connectivity index (χ1n) is 7.46. The van der Waals surface area contributed by atoms with Crippen molar-refractivity contribution in [2.45, 2.75) is 23.6 Å². The molecule has 2 nitrogen and oxygen atoms in total. The van der Waals surface area contributed by atoms with Gasteiger partial charge in [-0.2, -0.15) is 11.8 Å². The Hall–Kier alpha value is -1.03. The van der Waals surface area contributed by atoms with Gasteiger partial charge in [-0.1, -0.05) is 36.4 Å². The lowest BCUT2D eigenvalue weighted by Gasteiger charge is -2.13. The molecule has 0 aromatic heterocycles. The lowest BCUT2D eigenvalue weighted by molar-refractivity contribution is 0.467. The second-order valence-corrected chi connectivity index (χ2v) is 7.71. The Morgan fingerprint density at radius 3 is 1.52 bits per heavy atom. The van der Waals surface area contributed by atoms with E-state index in [9.17, 15) is 10.2 Å². The number of para-hydroxylation sites is 2. The van der Waals surface area contributed by atoms with Gasteiger partial charge in [0.1, 0.15) is 11.5 Å². The number of halogens is 2. The Morgan fingerprint density at radius 1 is 0.739 bits per heavy atom. The highest BCUT2D eigenvalue weighted by atomic mass is 35.5. The number of hydrogen-bond donors (Lipinski definition) is 2. The molecule has 2 aromatic carbocycles. The molecule has 0 amide bonds. The monoisotopic (exact) mass is 370 g/mol. The predicted molar refractivity (Wildman–Crippen MR) is 100 cm³/mol. The quantitative estimate of drug-likeness (QED) is 0.653. The first-order chi connectivity index (χ1) is 11.1. The lowest BCUT2D eigenvalue weighted by atomic mass is 10.1. The van der Waals surface area contributed by atoms with Gasteiger partial charge in [0, 0.05) is 22.3 Å². The number of rotatable bonds is 8. The van der Waals surface area contributed by atoms with Crippen LogP contribution < -0.4 is 0 Å². The molecule has 2 aromatic rings. The number of hydrogen-bond acceptors (Lipinski definition) is 3. The van der Waals surface area contributed by atoms with E-state index in [2.05, 4.69) is 0 Å². The van der Waals surface area contributed by atoms with E-state index in [1.165, 1.54) is 0 Å². The van der Waals surface area contributed by atoms with Crippen molar-refractivity contribution in [1.29, 1.82) is 0 Å². The van der Waals surface area contributed by atoms with Crippen molar-refractivity contribution in [3.63, 3.8) is 0 Å². The maximum Gasteiger partial charge on any atom is 0.118 e. The Morgan fingerprint density at radius 2 is 1.13 bits per heavy atom. The highest BCUT2D eigenvalue weighted by molar-refractivity contribution is 7.99. The fourth-order valence-corrected chi connectivity index (χ4v) is 4.04. The number of phenols is 2. The first-order valence-corrected chi connectivity index (χ1v) is 9.48. The van der Waals surface area contributed by atoms with Crippen LogP contribution in [-0.4, -0.2) is 32.5 Å². The molecule has 2 rings (SSSR count). The molecule has 0 aliphatic rings. The van der Waals surface area contributed by atoms with E-state index >= 15 is 0 Å². The lowest BCUT2D eigenvalue weighted by Crippen LogP contribution is -2.11. The standard InChI is InChI=1S/C18H20Cl2O2S/c19-15(9-13-5-1-3-7-17(13)21)11-23-12-16(20)10-14-6-2-4-8-18(14)22/h1-8,15-16,21-22H,9-12H2. The molecule has 2 atom stereocenters. The predicted octanol–water partition coefficient (Wildman–Crippen LogP) is 4.83. The van der Waals surface area contributed by atoms with Crippen molar-refractivity contribution in [3.05, 3.63) is 59.7 Å². The number of phenolic OH excluding ortho intramolecular Hbond substituents is 2. The average molecular weight is 371 g/mol. The van der Waals surface area contributed by atoms with Crippen molar-refractivity contribution in [2.24, 2.45) is 0 Å². The van der Waals surface area contributed by atoms with Gasteiger partial charge in [0.15, 0.2) is 0 Å². The van der Waals surface area contributed by atoms with E-state index in [4.69, 9.17) is 23.2 Å². The zero-order valence-corrected chi connectivity index (χ0v) is 15.0. The normalized spacial score (nSPS) is 13.7. The van der Waals surface area contributed by atoms with Gasteiger partial charge >= 0.3 is 0 Å². The summed E-state index contributed by atoms with van der Waals surface area (Å²) in [6.45, 7) is 0. The summed E-state index contributed by atoms with van der Waals surface area (Å²) in [5, 5.41) is 19.4. The molecule has 0 aliphatic heterocycles. The van der Waals surface area contributed by atoms with Crippen LogP contribution in [0.4, 0.5) is 0 Å². The molecular formula is C18H20Cl2O2S. The third kappa shape index (κ3) is 6.17. The highest BCUT2D eigenvalue weighted by Gasteiger charge is 2.12. The molecule has 0 bridgehead atoms. The van der Waals surface area contributed by atoms with E-state index in [1.54, 1.807) is 36.0 Å². The van der Waals surface area contributed by atoms with Gasteiger partial charge in [-0.15, -0.1) is 23.2 Å². The number of alkyl halides is 2. The van der Waals surface area contributed by atoms with Crippen LogP contribution >= 0.6 is 35.0 Å². The van der Waals surface area contributed by atoms with Crippen molar-refractivity contribution in [2.75, 3.05) is 11.5 Å². The van der Waals surface area contributed by atoms with Gasteiger partial charge < -0.3 is 10.2 Å². The van der Waals surface area contributed by atoms with Gasteiger partial charge in [0.2, 0.25) is 0 Å². The van der Waals surface area contributed by atoms with Crippen molar-refractivity contribution < 1.29 is 10.2 Å². The van der Waals surface area contributed by atoms with Crippen molar-refractivity contribution in [1.82, 2.24) is 0 Å². The second kappa shape index (κ2) is 9.31. The van der Waals surface area contributed by atoms with Crippen molar-refractivity contribution in [3.8, 4) is 11.5 Å². The molecule has 0 saturated heterocycles. The second-order valence-electron chi connectivity index (χ2n) is 5.40. The molecule has 2 N–H and O–H groups in total. The molecular weight excluding hydrogens is 351 g/mol. The number of thioether (sulfide) groups is 1. The minimum absolute atomic E-state index is 0.0534. The third-order valence-electron chi connectivity index (χ3n) is 3.46. The fourth-order valence-electron chi connectivity index (χ4n) is 2.29. The molecule has 2 unspecified atom stereocenters. The first kappa shape index (κ1) is 18.3. The summed E-state index contributed by atoms with van der Waals surface area (Å²) < 4.78 is 0. The maximum absolute atomic E-state index is 9.75. The Labute approximate surface area is 151 Å². The number of aromatic hydroxyl groups is 2. The van der Waals surface area contributed by atoms with E-state index in [-0.39, 0.29) is 22.3 Å². The molecule has 0 radical (unpaired) electrons. The summed E-state index contributed by atoms with van der Waals surface area (Å²) in [5.41, 5.74) is 1.73. The Kier molecular flexibility index (Phi) is 7.41. The average Bonchev–Trinajstić information content (AvgIpc) is 2.52. The van der Waals surface area contributed by atoms with E-state index in [0.29, 0.717) is 12.8 Å². The largest absolute Gasteiger partial charge is 0.508 e. The Bertz CT molecular complexity index is 568. The maximum atomic E-state index is 9.75. The molecule has 0 saturated carbocycles. The van der Waals surface area contributed by atoms with Gasteiger partial charge in [0.05, 0.1) is 0 Å².